The molecule has 7 heteroatoms. The minimum Gasteiger partial charge on any atom is -0.463 e. The van der Waals surface area contributed by atoms with E-state index < -0.39 is 17.7 Å². The molecule has 0 unspecified atom stereocenters. The van der Waals surface area contributed by atoms with Gasteiger partial charge in [-0.2, -0.15) is 18.4 Å². The molecule has 0 saturated carbocycles. The number of ether oxygens (including phenoxy) is 1. The summed E-state index contributed by atoms with van der Waals surface area (Å²) in [5.41, 5.74) is -0.602. The van der Waals surface area contributed by atoms with Gasteiger partial charge in [0.2, 0.25) is 0 Å². The highest BCUT2D eigenvalue weighted by Crippen LogP contribution is 2.30. The van der Waals surface area contributed by atoms with Gasteiger partial charge in [0.15, 0.2) is 6.19 Å². The average molecular weight is 284 g/mol. The number of hydrogen-bond donors (Lipinski definition) is 0. The lowest BCUT2D eigenvalue weighted by atomic mass is 10.2. The molecule has 0 radical (unpaired) electrons. The molecule has 0 atom stereocenters. The molecule has 4 nitrogen and oxygen atoms in total. The van der Waals surface area contributed by atoms with Crippen LogP contribution in [-0.4, -0.2) is 12.6 Å². The van der Waals surface area contributed by atoms with Crippen LogP contribution in [0.5, 0.6) is 0 Å². The lowest BCUT2D eigenvalue weighted by molar-refractivity contribution is -0.138. The highest BCUT2D eigenvalue weighted by molar-refractivity contribution is 5.82. The first-order valence-corrected chi connectivity index (χ1v) is 5.59. The predicted molar refractivity (Wildman–Crippen MR) is 65.3 cm³/mol. The van der Waals surface area contributed by atoms with E-state index in [1.165, 1.54) is 0 Å². The second-order valence-electron chi connectivity index (χ2n) is 3.58. The van der Waals surface area contributed by atoms with Gasteiger partial charge in [0.1, 0.15) is 0 Å². The Balaban J connectivity index is 2.87. The number of rotatable bonds is 4. The van der Waals surface area contributed by atoms with E-state index in [1.807, 2.05) is 0 Å². The zero-order valence-electron chi connectivity index (χ0n) is 10.5. The lowest BCUT2D eigenvalue weighted by Gasteiger charge is -2.12. The van der Waals surface area contributed by atoms with E-state index in [0.29, 0.717) is 0 Å². The predicted octanol–water partition coefficient (Wildman–Crippen LogP) is 3.07. The van der Waals surface area contributed by atoms with E-state index >= 15 is 0 Å². The molecule has 0 saturated heterocycles. The Hall–Kier alpha value is -2.49. The fourth-order valence-electron chi connectivity index (χ4n) is 1.31. The van der Waals surface area contributed by atoms with Crippen LogP contribution in [0.3, 0.4) is 0 Å². The van der Waals surface area contributed by atoms with Crippen molar-refractivity contribution in [3.63, 3.8) is 0 Å². The third kappa shape index (κ3) is 4.31. The molecule has 0 heterocycles. The van der Waals surface area contributed by atoms with Gasteiger partial charge in [0, 0.05) is 12.3 Å². The number of hydrogen-bond acceptors (Lipinski definition) is 4. The third-order valence-electron chi connectivity index (χ3n) is 2.23. The van der Waals surface area contributed by atoms with Crippen molar-refractivity contribution in [1.82, 2.24) is 0 Å². The molecule has 20 heavy (non-hydrogen) atoms. The summed E-state index contributed by atoms with van der Waals surface area (Å²) in [5.74, 6) is -0.639. The van der Waals surface area contributed by atoms with Crippen LogP contribution in [0.4, 0.5) is 18.9 Å². The Bertz CT molecular complexity index is 530. The number of carbonyl (C=O) groups excluding carboxylic acids is 1. The van der Waals surface area contributed by atoms with Crippen molar-refractivity contribution in [2.45, 2.75) is 13.1 Å². The maximum atomic E-state index is 12.4. The zero-order valence-corrected chi connectivity index (χ0v) is 10.5. The largest absolute Gasteiger partial charge is 0.463 e. The van der Waals surface area contributed by atoms with Gasteiger partial charge in [-0.15, -0.1) is 0 Å². The average Bonchev–Trinajstić information content (AvgIpc) is 2.39. The summed E-state index contributed by atoms with van der Waals surface area (Å²) in [6.45, 7) is 1.82. The van der Waals surface area contributed by atoms with Crippen LogP contribution in [0.15, 0.2) is 36.5 Å². The zero-order chi connectivity index (χ0) is 15.2. The summed E-state index contributed by atoms with van der Waals surface area (Å²) >= 11 is 0. The number of esters is 1. The van der Waals surface area contributed by atoms with E-state index in [4.69, 9.17) is 5.26 Å². The molecule has 0 aromatic heterocycles. The van der Waals surface area contributed by atoms with E-state index in [1.54, 1.807) is 13.1 Å². The molecular formula is C13H11F3N2O2. The minimum absolute atomic E-state index is 0.190. The fraction of sp³-hybridized carbons (Fsp3) is 0.231. The molecule has 0 aliphatic carbocycles. The van der Waals surface area contributed by atoms with Crippen LogP contribution in [0.2, 0.25) is 0 Å². The van der Waals surface area contributed by atoms with E-state index in [0.717, 1.165) is 41.4 Å². The molecule has 0 amide bonds. The van der Waals surface area contributed by atoms with E-state index in [9.17, 15) is 18.0 Å². The van der Waals surface area contributed by atoms with Crippen molar-refractivity contribution in [2.24, 2.45) is 0 Å². The third-order valence-corrected chi connectivity index (χ3v) is 2.23. The van der Waals surface area contributed by atoms with Crippen molar-refractivity contribution in [3.05, 3.63) is 42.1 Å². The van der Waals surface area contributed by atoms with Crippen molar-refractivity contribution in [3.8, 4) is 6.19 Å². The molecule has 106 valence electrons. The first-order valence-electron chi connectivity index (χ1n) is 5.59. The number of halogens is 3. The van der Waals surface area contributed by atoms with Gasteiger partial charge < -0.3 is 4.74 Å². The van der Waals surface area contributed by atoms with Crippen LogP contribution in [0.25, 0.3) is 0 Å². The van der Waals surface area contributed by atoms with Crippen molar-refractivity contribution in [1.29, 1.82) is 5.26 Å². The normalized spacial score (nSPS) is 11.2. The summed E-state index contributed by atoms with van der Waals surface area (Å²) in [6.07, 6.45) is -0.558. The smallest absolute Gasteiger partial charge is 0.416 e. The quantitative estimate of drug-likeness (QED) is 0.369. The second kappa shape index (κ2) is 6.61. The van der Waals surface area contributed by atoms with Crippen LogP contribution in [0.1, 0.15) is 12.5 Å². The molecule has 0 aliphatic heterocycles. The summed E-state index contributed by atoms with van der Waals surface area (Å²) in [5, 5.41) is 8.90. The first-order chi connectivity index (χ1) is 9.38. The van der Waals surface area contributed by atoms with Crippen LogP contribution < -0.4 is 4.90 Å². The van der Waals surface area contributed by atoms with Gasteiger partial charge in [-0.05, 0) is 31.2 Å². The maximum Gasteiger partial charge on any atom is 0.416 e. The van der Waals surface area contributed by atoms with Gasteiger partial charge in [-0.3, -0.25) is 4.90 Å². The monoisotopic (exact) mass is 284 g/mol. The molecule has 0 bridgehead atoms. The number of nitriles is 1. The summed E-state index contributed by atoms with van der Waals surface area (Å²) < 4.78 is 41.8. The SMILES string of the molecule is CCOC(=O)/C=C/N(C#N)c1ccc(C(F)(F)F)cc1. The van der Waals surface area contributed by atoms with Crippen molar-refractivity contribution >= 4 is 11.7 Å². The molecule has 0 aliphatic rings. The highest BCUT2D eigenvalue weighted by Gasteiger charge is 2.30. The Morgan fingerprint density at radius 3 is 2.45 bits per heavy atom. The van der Waals surface area contributed by atoms with E-state index in [2.05, 4.69) is 4.74 Å². The van der Waals surface area contributed by atoms with Crippen molar-refractivity contribution < 1.29 is 22.7 Å². The highest BCUT2D eigenvalue weighted by atomic mass is 19.4. The Labute approximate surface area is 113 Å². The van der Waals surface area contributed by atoms with Gasteiger partial charge in [-0.25, -0.2) is 4.79 Å². The summed E-state index contributed by atoms with van der Waals surface area (Å²) in [7, 11) is 0. The van der Waals surface area contributed by atoms with Crippen LogP contribution >= 0.6 is 0 Å². The second-order valence-corrected chi connectivity index (χ2v) is 3.58. The van der Waals surface area contributed by atoms with Crippen LogP contribution in [0, 0.1) is 11.5 Å². The van der Waals surface area contributed by atoms with Gasteiger partial charge in [-0.1, -0.05) is 0 Å². The van der Waals surface area contributed by atoms with Crippen molar-refractivity contribution in [2.75, 3.05) is 11.5 Å². The summed E-state index contributed by atoms with van der Waals surface area (Å²) in [6, 6.07) is 4.00. The molecule has 1 rings (SSSR count). The molecule has 0 fully saturated rings. The standard InChI is InChI=1S/C13H11F3N2O2/c1-2-20-12(19)7-8-18(9-17)11-5-3-10(4-6-11)13(14,15)16/h3-8H,2H2,1H3/b8-7+. The fourth-order valence-corrected chi connectivity index (χ4v) is 1.31. The molecular weight excluding hydrogens is 273 g/mol. The van der Waals surface area contributed by atoms with E-state index in [-0.39, 0.29) is 12.3 Å². The van der Waals surface area contributed by atoms with Gasteiger partial charge >= 0.3 is 12.1 Å². The molecule has 0 spiro atoms. The molecule has 1 aromatic carbocycles. The number of benzene rings is 1. The molecule has 1 aromatic rings. The Morgan fingerprint density at radius 1 is 1.40 bits per heavy atom. The summed E-state index contributed by atoms with van der Waals surface area (Å²) in [4.78, 5) is 12.0. The molecule has 0 N–H and O–H groups in total. The van der Waals surface area contributed by atoms with Gasteiger partial charge in [0.05, 0.1) is 17.9 Å². The number of anilines is 1. The topological polar surface area (TPSA) is 53.3 Å². The minimum atomic E-state index is -4.43. The van der Waals surface area contributed by atoms with Crippen LogP contribution in [-0.2, 0) is 15.7 Å². The maximum absolute atomic E-state index is 12.4. The Kier molecular flexibility index (Phi) is 5.15. The first kappa shape index (κ1) is 15.6. The number of alkyl halides is 3. The van der Waals surface area contributed by atoms with Gasteiger partial charge in [0.25, 0.3) is 0 Å². The Morgan fingerprint density at radius 2 is 2.00 bits per heavy atom. The number of carbonyl (C=O) groups is 1. The lowest BCUT2D eigenvalue weighted by Crippen LogP contribution is -2.10. The number of nitrogens with zero attached hydrogens (tertiary/aromatic N) is 2.